The van der Waals surface area contributed by atoms with Gasteiger partial charge in [0.2, 0.25) is 11.7 Å². The van der Waals surface area contributed by atoms with Crippen LogP contribution in [0.3, 0.4) is 0 Å². The fourth-order valence-corrected chi connectivity index (χ4v) is 3.30. The number of benzene rings is 2. The quantitative estimate of drug-likeness (QED) is 0.546. The second-order valence-corrected chi connectivity index (χ2v) is 7.04. The molecule has 4 rings (SSSR count). The first-order chi connectivity index (χ1) is 13.5. The van der Waals surface area contributed by atoms with E-state index in [1.165, 1.54) is 9.13 Å². The summed E-state index contributed by atoms with van der Waals surface area (Å²) < 4.78 is 8.14. The molecule has 0 fully saturated rings. The predicted molar refractivity (Wildman–Crippen MR) is 106 cm³/mol. The van der Waals surface area contributed by atoms with E-state index in [2.05, 4.69) is 10.1 Å². The smallest absolute Gasteiger partial charge is 0.332 e. The molecule has 0 unspecified atom stereocenters. The van der Waals surface area contributed by atoms with Gasteiger partial charge < -0.3 is 4.52 Å². The van der Waals surface area contributed by atoms with Gasteiger partial charge in [0.15, 0.2) is 0 Å². The summed E-state index contributed by atoms with van der Waals surface area (Å²) in [6.45, 7) is 5.70. The molecule has 0 aliphatic carbocycles. The van der Waals surface area contributed by atoms with Crippen LogP contribution in [0.2, 0.25) is 0 Å². The lowest BCUT2D eigenvalue weighted by Gasteiger charge is -2.14. The molecule has 2 aromatic carbocycles. The van der Waals surface area contributed by atoms with Gasteiger partial charge in [0.25, 0.3) is 5.56 Å². The Labute approximate surface area is 160 Å². The molecule has 0 amide bonds. The van der Waals surface area contributed by atoms with Crippen molar-refractivity contribution >= 4 is 10.9 Å². The lowest BCUT2D eigenvalue weighted by molar-refractivity contribution is 0.368. The largest absolute Gasteiger partial charge is 0.337 e. The molecule has 2 aromatic heterocycles. The van der Waals surface area contributed by atoms with Crippen LogP contribution >= 0.6 is 0 Å². The van der Waals surface area contributed by atoms with Crippen molar-refractivity contribution in [3.8, 4) is 11.4 Å². The first-order valence-electron chi connectivity index (χ1n) is 9.09. The molecular formula is C21H20N4O3. The molecule has 142 valence electrons. The maximum atomic E-state index is 13.0. The van der Waals surface area contributed by atoms with E-state index in [9.17, 15) is 9.59 Å². The van der Waals surface area contributed by atoms with Gasteiger partial charge in [-0.15, -0.1) is 0 Å². The van der Waals surface area contributed by atoms with Gasteiger partial charge in [-0.05, 0) is 39.0 Å². The van der Waals surface area contributed by atoms with Crippen molar-refractivity contribution in [2.24, 2.45) is 0 Å². The molecule has 0 saturated carbocycles. The average molecular weight is 376 g/mol. The Morgan fingerprint density at radius 2 is 1.86 bits per heavy atom. The van der Waals surface area contributed by atoms with Crippen molar-refractivity contribution < 1.29 is 4.52 Å². The maximum Gasteiger partial charge on any atom is 0.332 e. The Bertz CT molecular complexity index is 1280. The summed E-state index contributed by atoms with van der Waals surface area (Å²) in [6.07, 6.45) is 0. The minimum Gasteiger partial charge on any atom is -0.337 e. The zero-order valence-electron chi connectivity index (χ0n) is 15.9. The maximum absolute atomic E-state index is 13.0. The number of fused-ring (bicyclic) bond motifs is 1. The van der Waals surface area contributed by atoms with E-state index in [1.54, 1.807) is 24.3 Å². The van der Waals surface area contributed by atoms with E-state index in [-0.39, 0.29) is 18.1 Å². The normalized spacial score (nSPS) is 11.4. The molecule has 2 heterocycles. The van der Waals surface area contributed by atoms with Crippen LogP contribution in [-0.4, -0.2) is 19.3 Å². The molecule has 0 radical (unpaired) electrons. The Morgan fingerprint density at radius 3 is 2.61 bits per heavy atom. The molecule has 7 nitrogen and oxygen atoms in total. The highest BCUT2D eigenvalue weighted by atomic mass is 16.5. The summed E-state index contributed by atoms with van der Waals surface area (Å²) in [5.74, 6) is 0.769. The minimum absolute atomic E-state index is 0.0885. The molecule has 0 spiro atoms. The van der Waals surface area contributed by atoms with Crippen LogP contribution in [0.25, 0.3) is 22.3 Å². The van der Waals surface area contributed by atoms with Crippen molar-refractivity contribution in [1.29, 1.82) is 0 Å². The van der Waals surface area contributed by atoms with Gasteiger partial charge in [-0.3, -0.25) is 13.9 Å². The van der Waals surface area contributed by atoms with E-state index >= 15 is 0 Å². The monoisotopic (exact) mass is 376 g/mol. The van der Waals surface area contributed by atoms with Crippen molar-refractivity contribution in [3.05, 3.63) is 80.8 Å². The number of hydrogen-bond acceptors (Lipinski definition) is 5. The van der Waals surface area contributed by atoms with Crippen LogP contribution in [0.15, 0.2) is 62.6 Å². The second kappa shape index (κ2) is 6.92. The topological polar surface area (TPSA) is 82.9 Å². The van der Waals surface area contributed by atoms with Crippen LogP contribution in [-0.2, 0) is 6.54 Å². The Kier molecular flexibility index (Phi) is 4.43. The lowest BCUT2D eigenvalue weighted by atomic mass is 10.1. The number of rotatable bonds is 4. The van der Waals surface area contributed by atoms with Gasteiger partial charge >= 0.3 is 5.69 Å². The third-order valence-corrected chi connectivity index (χ3v) is 4.64. The van der Waals surface area contributed by atoms with E-state index in [1.807, 2.05) is 45.0 Å². The Balaban J connectivity index is 1.83. The van der Waals surface area contributed by atoms with Gasteiger partial charge in [-0.25, -0.2) is 4.79 Å². The van der Waals surface area contributed by atoms with Gasteiger partial charge in [-0.2, -0.15) is 4.98 Å². The molecule has 0 saturated heterocycles. The van der Waals surface area contributed by atoms with Crippen LogP contribution < -0.4 is 11.2 Å². The summed E-state index contributed by atoms with van der Waals surface area (Å²) in [5, 5.41) is 4.52. The lowest BCUT2D eigenvalue weighted by Crippen LogP contribution is -2.41. The number of hydrogen-bond donors (Lipinski definition) is 0. The summed E-state index contributed by atoms with van der Waals surface area (Å²) in [7, 11) is 0. The SMILES string of the molecule is Cc1cccc(-c2noc(Cn3c(=O)n(C(C)C)c(=O)c4ccccc43)n2)c1. The van der Waals surface area contributed by atoms with E-state index in [0.29, 0.717) is 22.6 Å². The van der Waals surface area contributed by atoms with Crippen LogP contribution in [0.4, 0.5) is 0 Å². The van der Waals surface area contributed by atoms with Gasteiger partial charge in [0.1, 0.15) is 6.54 Å². The summed E-state index contributed by atoms with van der Waals surface area (Å²) in [6, 6.07) is 14.6. The molecule has 4 aromatic rings. The Hall–Kier alpha value is -3.48. The zero-order chi connectivity index (χ0) is 19.8. The first-order valence-corrected chi connectivity index (χ1v) is 9.09. The van der Waals surface area contributed by atoms with Crippen molar-refractivity contribution in [3.63, 3.8) is 0 Å². The molecule has 0 aliphatic heterocycles. The molecular weight excluding hydrogens is 356 g/mol. The number of nitrogens with zero attached hydrogens (tertiary/aromatic N) is 4. The standard InChI is InChI=1S/C21H20N4O3/c1-13(2)25-20(26)16-9-4-5-10-17(16)24(21(25)27)12-18-22-19(23-28-18)15-8-6-7-14(3)11-15/h4-11,13H,12H2,1-3H3. The van der Waals surface area contributed by atoms with E-state index in [4.69, 9.17) is 4.52 Å². The minimum atomic E-state index is -0.394. The molecule has 0 N–H and O–H groups in total. The van der Waals surface area contributed by atoms with Gasteiger partial charge in [-0.1, -0.05) is 41.1 Å². The predicted octanol–water partition coefficient (Wildman–Crippen LogP) is 3.15. The highest BCUT2D eigenvalue weighted by Crippen LogP contribution is 2.18. The first kappa shape index (κ1) is 17.9. The number of aromatic nitrogens is 4. The second-order valence-electron chi connectivity index (χ2n) is 7.04. The molecule has 0 atom stereocenters. The van der Waals surface area contributed by atoms with E-state index in [0.717, 1.165) is 11.1 Å². The fraction of sp³-hybridized carbons (Fsp3) is 0.238. The van der Waals surface area contributed by atoms with Crippen LogP contribution in [0, 0.1) is 6.92 Å². The molecule has 0 aliphatic rings. The van der Waals surface area contributed by atoms with Gasteiger partial charge in [0.05, 0.1) is 10.9 Å². The van der Waals surface area contributed by atoms with Gasteiger partial charge in [0, 0.05) is 11.6 Å². The van der Waals surface area contributed by atoms with E-state index < -0.39 is 5.69 Å². The Morgan fingerprint density at radius 1 is 1.07 bits per heavy atom. The summed E-state index contributed by atoms with van der Waals surface area (Å²) >= 11 is 0. The van der Waals surface area contributed by atoms with Crippen molar-refractivity contribution in [2.75, 3.05) is 0 Å². The number of para-hydroxylation sites is 1. The average Bonchev–Trinajstić information content (AvgIpc) is 3.14. The van der Waals surface area contributed by atoms with Crippen molar-refractivity contribution in [2.45, 2.75) is 33.4 Å². The fourth-order valence-electron chi connectivity index (χ4n) is 3.30. The highest BCUT2D eigenvalue weighted by molar-refractivity contribution is 5.77. The third kappa shape index (κ3) is 3.05. The highest BCUT2D eigenvalue weighted by Gasteiger charge is 2.17. The summed E-state index contributed by atoms with van der Waals surface area (Å²) in [4.78, 5) is 30.2. The molecule has 7 heteroatoms. The zero-order valence-corrected chi connectivity index (χ0v) is 15.9. The number of aryl methyl sites for hydroxylation is 1. The molecule has 0 bridgehead atoms. The summed E-state index contributed by atoms with van der Waals surface area (Å²) in [5.41, 5.74) is 1.80. The van der Waals surface area contributed by atoms with Crippen LogP contribution in [0.5, 0.6) is 0 Å². The van der Waals surface area contributed by atoms with Crippen LogP contribution in [0.1, 0.15) is 31.3 Å². The molecule has 28 heavy (non-hydrogen) atoms. The third-order valence-electron chi connectivity index (χ3n) is 4.64. The van der Waals surface area contributed by atoms with Crippen molar-refractivity contribution in [1.82, 2.24) is 19.3 Å².